The average molecular weight is 330 g/mol. The van der Waals surface area contributed by atoms with Gasteiger partial charge in [-0.3, -0.25) is 4.79 Å². The van der Waals surface area contributed by atoms with Crippen molar-refractivity contribution in [3.8, 4) is 0 Å². The Morgan fingerprint density at radius 3 is 2.90 bits per heavy atom. The highest BCUT2D eigenvalue weighted by atomic mass is 32.2. The third-order valence-corrected chi connectivity index (χ3v) is 5.63. The van der Waals surface area contributed by atoms with Gasteiger partial charge < -0.3 is 10.2 Å². The van der Waals surface area contributed by atoms with Crippen molar-refractivity contribution in [1.29, 1.82) is 0 Å². The summed E-state index contributed by atoms with van der Waals surface area (Å²) in [7, 11) is 0. The molecule has 0 atom stereocenters. The van der Waals surface area contributed by atoms with E-state index in [2.05, 4.69) is 22.1 Å². The molecule has 1 aromatic rings. The van der Waals surface area contributed by atoms with Crippen LogP contribution in [-0.4, -0.2) is 39.0 Å². The van der Waals surface area contributed by atoms with Gasteiger partial charge in [0, 0.05) is 18.5 Å². The summed E-state index contributed by atoms with van der Waals surface area (Å²) in [5, 5.41) is 5.37. The fourth-order valence-corrected chi connectivity index (χ4v) is 3.73. The van der Waals surface area contributed by atoms with Crippen LogP contribution in [0.2, 0.25) is 0 Å². The number of anilines is 1. The molecule has 1 N–H and O–H groups in total. The van der Waals surface area contributed by atoms with Gasteiger partial charge in [-0.15, -0.1) is 11.3 Å². The zero-order chi connectivity index (χ0) is 14.5. The number of carbonyl (C=O) groups is 1. The first-order chi connectivity index (χ1) is 9.54. The largest absolute Gasteiger partial charge is 0.357 e. The van der Waals surface area contributed by atoms with E-state index in [1.165, 1.54) is 35.9 Å². The lowest BCUT2D eigenvalue weighted by Crippen LogP contribution is -2.36. The van der Waals surface area contributed by atoms with Crippen molar-refractivity contribution in [3.63, 3.8) is 0 Å². The van der Waals surface area contributed by atoms with E-state index < -0.39 is 0 Å². The van der Waals surface area contributed by atoms with E-state index in [4.69, 9.17) is 12.2 Å². The summed E-state index contributed by atoms with van der Waals surface area (Å²) in [6, 6.07) is 0. The van der Waals surface area contributed by atoms with E-state index in [0.717, 1.165) is 29.0 Å². The number of piperidine rings is 1. The Morgan fingerprint density at radius 1 is 1.60 bits per heavy atom. The SMILES string of the molecule is Cc1csc(NC(=O)CSC(=S)N2CCC(C)CC2)n1. The number of likely N-dealkylation sites (tertiary alicyclic amines) is 1. The second-order valence-electron chi connectivity index (χ2n) is 5.07. The summed E-state index contributed by atoms with van der Waals surface area (Å²) in [5.41, 5.74) is 0.927. The molecule has 2 heterocycles. The number of amides is 1. The van der Waals surface area contributed by atoms with Gasteiger partial charge in [-0.1, -0.05) is 30.9 Å². The maximum atomic E-state index is 11.8. The van der Waals surface area contributed by atoms with Crippen molar-refractivity contribution in [2.45, 2.75) is 26.7 Å². The van der Waals surface area contributed by atoms with Crippen LogP contribution in [0.25, 0.3) is 0 Å². The van der Waals surface area contributed by atoms with Crippen molar-refractivity contribution >= 4 is 50.7 Å². The van der Waals surface area contributed by atoms with Crippen molar-refractivity contribution in [3.05, 3.63) is 11.1 Å². The first-order valence-corrected chi connectivity index (χ1v) is 8.95. The Bertz CT molecular complexity index is 481. The summed E-state index contributed by atoms with van der Waals surface area (Å²) < 4.78 is 0.836. The summed E-state index contributed by atoms with van der Waals surface area (Å²) in [6.07, 6.45) is 2.37. The number of nitrogens with zero attached hydrogens (tertiary/aromatic N) is 2. The van der Waals surface area contributed by atoms with E-state index in [0.29, 0.717) is 10.9 Å². The third kappa shape index (κ3) is 4.71. The summed E-state index contributed by atoms with van der Waals surface area (Å²) >= 11 is 8.28. The van der Waals surface area contributed by atoms with Crippen LogP contribution in [-0.2, 0) is 4.79 Å². The van der Waals surface area contributed by atoms with Crippen LogP contribution in [0, 0.1) is 12.8 Å². The van der Waals surface area contributed by atoms with Gasteiger partial charge >= 0.3 is 0 Å². The molecule has 1 aliphatic rings. The molecule has 110 valence electrons. The Morgan fingerprint density at radius 2 is 2.30 bits per heavy atom. The van der Waals surface area contributed by atoms with Gasteiger partial charge in [0.05, 0.1) is 11.4 Å². The van der Waals surface area contributed by atoms with Gasteiger partial charge in [0.25, 0.3) is 0 Å². The smallest absolute Gasteiger partial charge is 0.236 e. The fourth-order valence-electron chi connectivity index (χ4n) is 1.98. The van der Waals surface area contributed by atoms with E-state index >= 15 is 0 Å². The molecule has 1 aromatic heterocycles. The predicted octanol–water partition coefficient (Wildman–Crippen LogP) is 3.14. The van der Waals surface area contributed by atoms with E-state index in [-0.39, 0.29) is 5.91 Å². The van der Waals surface area contributed by atoms with Crippen LogP contribution in [0.5, 0.6) is 0 Å². The molecule has 4 nitrogen and oxygen atoms in total. The highest BCUT2D eigenvalue weighted by Gasteiger charge is 2.18. The monoisotopic (exact) mass is 329 g/mol. The fraction of sp³-hybridized carbons (Fsp3) is 0.615. The Balaban J connectivity index is 1.71. The zero-order valence-electron chi connectivity index (χ0n) is 11.7. The molecule has 0 unspecified atom stereocenters. The van der Waals surface area contributed by atoms with Crippen molar-refractivity contribution in [1.82, 2.24) is 9.88 Å². The maximum absolute atomic E-state index is 11.8. The molecular weight excluding hydrogens is 310 g/mol. The Labute approximate surface area is 133 Å². The standard InChI is InChI=1S/C13H19N3OS3/c1-9-3-5-16(6-4-9)13(18)20-8-11(17)15-12-14-10(2)7-19-12/h7,9H,3-6,8H2,1-2H3,(H,14,15,17). The topological polar surface area (TPSA) is 45.2 Å². The molecule has 0 spiro atoms. The molecule has 0 saturated carbocycles. The molecule has 20 heavy (non-hydrogen) atoms. The highest BCUT2D eigenvalue weighted by Crippen LogP contribution is 2.20. The summed E-state index contributed by atoms with van der Waals surface area (Å²) in [4.78, 5) is 18.2. The molecule has 0 aromatic carbocycles. The molecule has 1 amide bonds. The van der Waals surface area contributed by atoms with Crippen molar-refractivity contribution in [2.75, 3.05) is 24.2 Å². The van der Waals surface area contributed by atoms with Gasteiger partial charge in [-0.2, -0.15) is 0 Å². The second kappa shape index (κ2) is 7.38. The Kier molecular flexibility index (Phi) is 5.80. The first kappa shape index (κ1) is 15.7. The van der Waals surface area contributed by atoms with Crippen LogP contribution in [0.1, 0.15) is 25.5 Å². The molecule has 0 aliphatic carbocycles. The van der Waals surface area contributed by atoms with Gasteiger partial charge in [0.15, 0.2) is 5.13 Å². The van der Waals surface area contributed by atoms with Crippen LogP contribution >= 0.6 is 35.3 Å². The number of thiocarbonyl (C=S) groups is 1. The Hall–Kier alpha value is -0.660. The molecule has 1 saturated heterocycles. The van der Waals surface area contributed by atoms with Crippen molar-refractivity contribution < 1.29 is 4.79 Å². The van der Waals surface area contributed by atoms with Crippen molar-refractivity contribution in [2.24, 2.45) is 5.92 Å². The number of hydrogen-bond acceptors (Lipinski definition) is 5. The van der Waals surface area contributed by atoms with Crippen LogP contribution in [0.4, 0.5) is 5.13 Å². The van der Waals surface area contributed by atoms with Gasteiger partial charge in [-0.25, -0.2) is 4.98 Å². The lowest BCUT2D eigenvalue weighted by atomic mass is 10.00. The lowest BCUT2D eigenvalue weighted by Gasteiger charge is -2.31. The average Bonchev–Trinajstić information content (AvgIpc) is 2.82. The number of rotatable bonds is 3. The van der Waals surface area contributed by atoms with E-state index in [1.807, 2.05) is 12.3 Å². The molecule has 2 rings (SSSR count). The molecule has 0 bridgehead atoms. The van der Waals surface area contributed by atoms with Gasteiger partial charge in [0.2, 0.25) is 5.91 Å². The van der Waals surface area contributed by atoms with Crippen LogP contribution in [0.15, 0.2) is 5.38 Å². The van der Waals surface area contributed by atoms with Crippen LogP contribution < -0.4 is 5.32 Å². The number of nitrogens with one attached hydrogen (secondary N) is 1. The normalized spacial score (nSPS) is 16.2. The number of thiazole rings is 1. The number of aromatic nitrogens is 1. The molecule has 7 heteroatoms. The van der Waals surface area contributed by atoms with Gasteiger partial charge in [0.1, 0.15) is 4.32 Å². The minimum absolute atomic E-state index is 0.0444. The van der Waals surface area contributed by atoms with Crippen LogP contribution in [0.3, 0.4) is 0 Å². The second-order valence-corrected chi connectivity index (χ2v) is 7.53. The lowest BCUT2D eigenvalue weighted by molar-refractivity contribution is -0.113. The first-order valence-electron chi connectivity index (χ1n) is 6.68. The summed E-state index contributed by atoms with van der Waals surface area (Å²) in [5.74, 6) is 1.09. The number of thioether (sulfide) groups is 1. The molecule has 1 fully saturated rings. The maximum Gasteiger partial charge on any atom is 0.236 e. The molecule has 1 aliphatic heterocycles. The third-order valence-electron chi connectivity index (χ3n) is 3.23. The molecular formula is C13H19N3OS3. The minimum atomic E-state index is -0.0444. The highest BCUT2D eigenvalue weighted by molar-refractivity contribution is 8.23. The zero-order valence-corrected chi connectivity index (χ0v) is 14.2. The minimum Gasteiger partial charge on any atom is -0.357 e. The number of carbonyl (C=O) groups excluding carboxylic acids is 1. The van der Waals surface area contributed by atoms with Gasteiger partial charge in [-0.05, 0) is 25.7 Å². The molecule has 0 radical (unpaired) electrons. The summed E-state index contributed by atoms with van der Waals surface area (Å²) in [6.45, 7) is 6.21. The predicted molar refractivity (Wildman–Crippen MR) is 90.5 cm³/mol. The van der Waals surface area contributed by atoms with E-state index in [1.54, 1.807) is 0 Å². The number of aryl methyl sites for hydroxylation is 1. The number of hydrogen-bond donors (Lipinski definition) is 1. The quantitative estimate of drug-likeness (QED) is 0.863. The van der Waals surface area contributed by atoms with E-state index in [9.17, 15) is 4.79 Å².